The van der Waals surface area contributed by atoms with Crippen LogP contribution in [0.4, 0.5) is 5.95 Å². The van der Waals surface area contributed by atoms with Crippen molar-refractivity contribution in [3.63, 3.8) is 0 Å². The van der Waals surface area contributed by atoms with Crippen molar-refractivity contribution >= 4 is 17.9 Å². The number of aryl methyl sites for hydroxylation is 1. The molecule has 9 heteroatoms. The Labute approximate surface area is 197 Å². The SMILES string of the molecule is COc1cccc(OC)c1-n1c(NSC(C)Cc2ncc(C)cn2)nnc1-c1ccccc1. The first-order chi connectivity index (χ1) is 16.1. The van der Waals surface area contributed by atoms with Crippen LogP contribution >= 0.6 is 11.9 Å². The summed E-state index contributed by atoms with van der Waals surface area (Å²) in [5.74, 6) is 3.36. The fraction of sp³-hybridized carbons (Fsp3) is 0.250. The lowest BCUT2D eigenvalue weighted by Crippen LogP contribution is -2.11. The topological polar surface area (TPSA) is 87.0 Å². The summed E-state index contributed by atoms with van der Waals surface area (Å²) in [5, 5.41) is 9.13. The summed E-state index contributed by atoms with van der Waals surface area (Å²) in [7, 11) is 3.27. The third-order valence-corrected chi connectivity index (χ3v) is 5.85. The lowest BCUT2D eigenvalue weighted by molar-refractivity contribution is 0.391. The minimum Gasteiger partial charge on any atom is -0.494 e. The molecule has 1 unspecified atom stereocenters. The number of hydrogen-bond acceptors (Lipinski definition) is 8. The van der Waals surface area contributed by atoms with Crippen molar-refractivity contribution in [3.8, 4) is 28.6 Å². The van der Waals surface area contributed by atoms with Crippen molar-refractivity contribution in [2.75, 3.05) is 18.9 Å². The Balaban J connectivity index is 1.68. The molecule has 2 aromatic carbocycles. The van der Waals surface area contributed by atoms with Gasteiger partial charge in [0.15, 0.2) is 5.82 Å². The molecular formula is C24H26N6O2S. The van der Waals surface area contributed by atoms with Gasteiger partial charge in [-0.25, -0.2) is 9.97 Å². The average Bonchev–Trinajstić information content (AvgIpc) is 3.27. The van der Waals surface area contributed by atoms with Gasteiger partial charge in [0.05, 0.1) is 14.2 Å². The lowest BCUT2D eigenvalue weighted by Gasteiger charge is -2.18. The summed E-state index contributed by atoms with van der Waals surface area (Å²) in [6.07, 6.45) is 4.39. The van der Waals surface area contributed by atoms with Gasteiger partial charge in [-0.05, 0) is 36.6 Å². The molecule has 170 valence electrons. The van der Waals surface area contributed by atoms with Gasteiger partial charge in [-0.15, -0.1) is 10.2 Å². The number of rotatable bonds is 9. The molecule has 0 fully saturated rings. The van der Waals surface area contributed by atoms with Gasteiger partial charge in [0.25, 0.3) is 0 Å². The van der Waals surface area contributed by atoms with E-state index in [4.69, 9.17) is 9.47 Å². The van der Waals surface area contributed by atoms with Crippen molar-refractivity contribution in [1.82, 2.24) is 24.7 Å². The van der Waals surface area contributed by atoms with Crippen molar-refractivity contribution in [2.24, 2.45) is 0 Å². The molecule has 8 nitrogen and oxygen atoms in total. The average molecular weight is 463 g/mol. The van der Waals surface area contributed by atoms with Crippen LogP contribution in [0.25, 0.3) is 17.1 Å². The number of benzene rings is 2. The normalized spacial score (nSPS) is 11.8. The molecule has 0 aliphatic rings. The zero-order chi connectivity index (χ0) is 23.2. The van der Waals surface area contributed by atoms with Crippen LogP contribution < -0.4 is 14.2 Å². The molecule has 0 aliphatic carbocycles. The second-order valence-corrected chi connectivity index (χ2v) is 8.72. The number of para-hydroxylation sites is 1. The van der Waals surface area contributed by atoms with Gasteiger partial charge in [0.1, 0.15) is 23.0 Å². The molecular weight excluding hydrogens is 436 g/mol. The van der Waals surface area contributed by atoms with E-state index in [-0.39, 0.29) is 5.25 Å². The fourth-order valence-electron chi connectivity index (χ4n) is 3.37. The van der Waals surface area contributed by atoms with Crippen LogP contribution in [0.3, 0.4) is 0 Å². The van der Waals surface area contributed by atoms with Crippen molar-refractivity contribution in [1.29, 1.82) is 0 Å². The van der Waals surface area contributed by atoms with Gasteiger partial charge in [-0.1, -0.05) is 43.3 Å². The molecule has 1 atom stereocenters. The van der Waals surface area contributed by atoms with Gasteiger partial charge in [0, 0.05) is 29.6 Å². The zero-order valence-electron chi connectivity index (χ0n) is 19.0. The Morgan fingerprint density at radius 1 is 0.939 bits per heavy atom. The Kier molecular flexibility index (Phi) is 7.09. The van der Waals surface area contributed by atoms with E-state index in [9.17, 15) is 0 Å². The first kappa shape index (κ1) is 22.6. The molecule has 0 spiro atoms. The zero-order valence-corrected chi connectivity index (χ0v) is 19.8. The van der Waals surface area contributed by atoms with E-state index < -0.39 is 0 Å². The second-order valence-electron chi connectivity index (χ2n) is 7.47. The quantitative estimate of drug-likeness (QED) is 0.357. The Bertz CT molecular complexity index is 1180. The van der Waals surface area contributed by atoms with Gasteiger partial charge in [-0.3, -0.25) is 9.29 Å². The molecule has 0 saturated carbocycles. The van der Waals surface area contributed by atoms with Crippen LogP contribution in [-0.2, 0) is 6.42 Å². The molecule has 0 saturated heterocycles. The largest absolute Gasteiger partial charge is 0.494 e. The summed E-state index contributed by atoms with van der Waals surface area (Å²) in [6.45, 7) is 4.09. The van der Waals surface area contributed by atoms with E-state index in [0.29, 0.717) is 23.3 Å². The minimum atomic E-state index is 0.192. The van der Waals surface area contributed by atoms with Crippen molar-refractivity contribution < 1.29 is 9.47 Å². The van der Waals surface area contributed by atoms with E-state index in [2.05, 4.69) is 31.8 Å². The standard InChI is InChI=1S/C24H26N6O2S/c1-16-14-25-21(26-15-16)13-17(2)33-29-24-28-27-23(18-9-6-5-7-10-18)30(24)22-19(31-3)11-8-12-20(22)32-4/h5-12,14-15,17H,13H2,1-4H3,(H,28,29). The first-order valence-corrected chi connectivity index (χ1v) is 11.4. The predicted octanol–water partition coefficient (Wildman–Crippen LogP) is 4.74. The van der Waals surface area contributed by atoms with Gasteiger partial charge in [0.2, 0.25) is 5.95 Å². The molecule has 2 aromatic heterocycles. The second kappa shape index (κ2) is 10.4. The maximum Gasteiger partial charge on any atom is 0.239 e. The summed E-state index contributed by atoms with van der Waals surface area (Å²) in [6, 6.07) is 15.6. The number of ether oxygens (including phenoxy) is 2. The molecule has 0 radical (unpaired) electrons. The number of hydrogen-bond donors (Lipinski definition) is 1. The highest BCUT2D eigenvalue weighted by atomic mass is 32.2. The van der Waals surface area contributed by atoms with Crippen LogP contribution in [0, 0.1) is 6.92 Å². The van der Waals surface area contributed by atoms with Gasteiger partial charge < -0.3 is 9.47 Å². The Hall–Kier alpha value is -3.59. The third-order valence-electron chi connectivity index (χ3n) is 4.98. The first-order valence-electron chi connectivity index (χ1n) is 10.5. The van der Waals surface area contributed by atoms with E-state index in [1.165, 1.54) is 11.9 Å². The fourth-order valence-corrected chi connectivity index (χ4v) is 4.04. The predicted molar refractivity (Wildman–Crippen MR) is 131 cm³/mol. The summed E-state index contributed by atoms with van der Waals surface area (Å²) < 4.78 is 16.6. The van der Waals surface area contributed by atoms with Crippen LogP contribution in [0.5, 0.6) is 11.5 Å². The highest BCUT2D eigenvalue weighted by molar-refractivity contribution is 8.01. The number of nitrogens with zero attached hydrogens (tertiary/aromatic N) is 5. The maximum atomic E-state index is 5.66. The monoisotopic (exact) mass is 462 g/mol. The van der Waals surface area contributed by atoms with Crippen molar-refractivity contribution in [3.05, 3.63) is 72.3 Å². The van der Waals surface area contributed by atoms with Crippen LogP contribution in [-0.4, -0.2) is 44.2 Å². The number of anilines is 1. The lowest BCUT2D eigenvalue weighted by atomic mass is 10.2. The highest BCUT2D eigenvalue weighted by Crippen LogP contribution is 2.38. The van der Waals surface area contributed by atoms with Crippen molar-refractivity contribution in [2.45, 2.75) is 25.5 Å². The van der Waals surface area contributed by atoms with E-state index in [1.54, 1.807) is 14.2 Å². The minimum absolute atomic E-state index is 0.192. The maximum absolute atomic E-state index is 5.66. The molecule has 2 heterocycles. The van der Waals surface area contributed by atoms with E-state index >= 15 is 0 Å². The molecule has 1 N–H and O–H groups in total. The van der Waals surface area contributed by atoms with E-state index in [0.717, 1.165) is 29.1 Å². The summed E-state index contributed by atoms with van der Waals surface area (Å²) >= 11 is 1.54. The van der Waals surface area contributed by atoms with Gasteiger partial charge >= 0.3 is 0 Å². The van der Waals surface area contributed by atoms with Crippen LogP contribution in [0.15, 0.2) is 60.9 Å². The van der Waals surface area contributed by atoms with E-state index in [1.807, 2.05) is 72.4 Å². The van der Waals surface area contributed by atoms with Crippen LogP contribution in [0.2, 0.25) is 0 Å². The molecule has 0 bridgehead atoms. The molecule has 0 aliphatic heterocycles. The smallest absolute Gasteiger partial charge is 0.239 e. The number of aromatic nitrogens is 5. The number of methoxy groups -OCH3 is 2. The summed E-state index contributed by atoms with van der Waals surface area (Å²) in [5.41, 5.74) is 2.70. The Morgan fingerprint density at radius 3 is 2.24 bits per heavy atom. The van der Waals surface area contributed by atoms with Crippen LogP contribution in [0.1, 0.15) is 18.3 Å². The molecule has 33 heavy (non-hydrogen) atoms. The molecule has 4 aromatic rings. The van der Waals surface area contributed by atoms with Gasteiger partial charge in [-0.2, -0.15) is 0 Å². The Morgan fingerprint density at radius 2 is 1.61 bits per heavy atom. The molecule has 0 amide bonds. The summed E-state index contributed by atoms with van der Waals surface area (Å²) in [4.78, 5) is 8.82. The highest BCUT2D eigenvalue weighted by Gasteiger charge is 2.22. The third kappa shape index (κ3) is 5.09. The molecule has 4 rings (SSSR count). The number of nitrogens with one attached hydrogen (secondary N) is 1.